The van der Waals surface area contributed by atoms with Crippen molar-refractivity contribution in [2.75, 3.05) is 33.3 Å². The average Bonchev–Trinajstić information content (AvgIpc) is 2.84. The van der Waals surface area contributed by atoms with E-state index in [0.717, 1.165) is 67.5 Å². The number of fused-ring (bicyclic) bond motifs is 1. The molecule has 0 atom stereocenters. The average molecular weight is 405 g/mol. The first-order valence-corrected chi connectivity index (χ1v) is 9.85. The van der Waals surface area contributed by atoms with Gasteiger partial charge >= 0.3 is 0 Å². The molecule has 0 aliphatic carbocycles. The van der Waals surface area contributed by atoms with E-state index in [2.05, 4.69) is 10.2 Å². The summed E-state index contributed by atoms with van der Waals surface area (Å²) in [6, 6.07) is 9.70. The normalized spacial score (nSPS) is 15.8. The van der Waals surface area contributed by atoms with Crippen LogP contribution < -0.4 is 10.1 Å². The Balaban J connectivity index is 1.84. The number of benzene rings is 1. The lowest BCUT2D eigenvalue weighted by Gasteiger charge is -2.20. The van der Waals surface area contributed by atoms with Crippen molar-refractivity contribution in [3.8, 4) is 17.0 Å². The predicted octanol–water partition coefficient (Wildman–Crippen LogP) is 4.11. The van der Waals surface area contributed by atoms with Crippen molar-refractivity contribution in [3.05, 3.63) is 52.3 Å². The molecule has 7 heteroatoms. The molecular formula is C20H22Cl2N4O. The van der Waals surface area contributed by atoms with Gasteiger partial charge in [-0.25, -0.2) is 4.98 Å². The van der Waals surface area contributed by atoms with Crippen LogP contribution in [0.5, 0.6) is 5.75 Å². The molecule has 0 saturated carbocycles. The van der Waals surface area contributed by atoms with E-state index in [4.69, 9.17) is 32.9 Å². The summed E-state index contributed by atoms with van der Waals surface area (Å²) in [4.78, 5) is 7.31. The van der Waals surface area contributed by atoms with Crippen LogP contribution in [0.4, 0.5) is 0 Å². The highest BCUT2D eigenvalue weighted by molar-refractivity contribution is 6.36. The summed E-state index contributed by atoms with van der Waals surface area (Å²) in [6.07, 6.45) is 3.03. The largest absolute Gasteiger partial charge is 0.497 e. The Morgan fingerprint density at radius 3 is 2.93 bits per heavy atom. The summed E-state index contributed by atoms with van der Waals surface area (Å²) in [5, 5.41) is 4.60. The fraction of sp³-hybridized carbons (Fsp3) is 0.350. The number of methoxy groups -OCH3 is 1. The number of imidazole rings is 1. The van der Waals surface area contributed by atoms with E-state index in [1.54, 1.807) is 13.2 Å². The summed E-state index contributed by atoms with van der Waals surface area (Å²) >= 11 is 12.7. The van der Waals surface area contributed by atoms with Crippen LogP contribution in [0.3, 0.4) is 0 Å². The first-order valence-electron chi connectivity index (χ1n) is 9.09. The number of hydrogen-bond acceptors (Lipinski definition) is 4. The third kappa shape index (κ3) is 3.92. The number of aromatic nitrogens is 2. The van der Waals surface area contributed by atoms with Gasteiger partial charge in [0.1, 0.15) is 5.75 Å². The Morgan fingerprint density at radius 1 is 1.19 bits per heavy atom. The van der Waals surface area contributed by atoms with Crippen LogP contribution >= 0.6 is 23.2 Å². The molecule has 1 saturated heterocycles. The SMILES string of the molecule is COc1cccc(-c2nc3c(Cl)cc(Cl)cn3c2CN2CCCNCC2)c1. The lowest BCUT2D eigenvalue weighted by atomic mass is 10.1. The molecule has 0 bridgehead atoms. The van der Waals surface area contributed by atoms with Crippen molar-refractivity contribution >= 4 is 28.8 Å². The van der Waals surface area contributed by atoms with Crippen molar-refractivity contribution in [2.45, 2.75) is 13.0 Å². The summed E-state index contributed by atoms with van der Waals surface area (Å²) in [7, 11) is 1.67. The molecule has 1 aliphatic heterocycles. The standard InChI is InChI=1S/C20H22Cl2N4O/c1-27-16-5-2-4-14(10-16)19-18(13-25-8-3-6-23-7-9-25)26-12-15(21)11-17(22)20(26)24-19/h2,4-5,10-12,23H,3,6-9,13H2,1H3. The van der Waals surface area contributed by atoms with E-state index < -0.39 is 0 Å². The van der Waals surface area contributed by atoms with Crippen LogP contribution in [0.25, 0.3) is 16.9 Å². The van der Waals surface area contributed by atoms with E-state index in [0.29, 0.717) is 10.0 Å². The van der Waals surface area contributed by atoms with Gasteiger partial charge in [-0.3, -0.25) is 9.30 Å². The summed E-state index contributed by atoms with van der Waals surface area (Å²) in [5.41, 5.74) is 3.73. The third-order valence-electron chi connectivity index (χ3n) is 4.89. The monoisotopic (exact) mass is 404 g/mol. The number of nitrogens with one attached hydrogen (secondary N) is 1. The molecule has 142 valence electrons. The molecule has 4 rings (SSSR count). The molecule has 0 radical (unpaired) electrons. The number of rotatable bonds is 4. The highest BCUT2D eigenvalue weighted by Crippen LogP contribution is 2.32. The van der Waals surface area contributed by atoms with Gasteiger partial charge in [-0.2, -0.15) is 0 Å². The molecule has 3 aromatic rings. The number of pyridine rings is 1. The minimum atomic E-state index is 0.551. The first kappa shape index (κ1) is 18.6. The second-order valence-corrected chi connectivity index (χ2v) is 7.56. The minimum absolute atomic E-state index is 0.551. The molecule has 0 spiro atoms. The van der Waals surface area contributed by atoms with Gasteiger partial charge in [-0.05, 0) is 37.7 Å². The topological polar surface area (TPSA) is 41.8 Å². The Morgan fingerprint density at radius 2 is 2.07 bits per heavy atom. The summed E-state index contributed by atoms with van der Waals surface area (Å²) < 4.78 is 7.42. The summed E-state index contributed by atoms with van der Waals surface area (Å²) in [5.74, 6) is 0.804. The van der Waals surface area contributed by atoms with E-state index in [9.17, 15) is 0 Å². The number of halogens is 2. The number of hydrogen-bond donors (Lipinski definition) is 1. The zero-order chi connectivity index (χ0) is 18.8. The van der Waals surface area contributed by atoms with E-state index in [-0.39, 0.29) is 0 Å². The quantitative estimate of drug-likeness (QED) is 0.710. The van der Waals surface area contributed by atoms with Crippen molar-refractivity contribution < 1.29 is 4.74 Å². The molecule has 5 nitrogen and oxygen atoms in total. The van der Waals surface area contributed by atoms with Crippen molar-refractivity contribution in [2.24, 2.45) is 0 Å². The molecule has 0 unspecified atom stereocenters. The minimum Gasteiger partial charge on any atom is -0.497 e. The molecule has 1 N–H and O–H groups in total. The Bertz CT molecular complexity index is 949. The maximum Gasteiger partial charge on any atom is 0.156 e. The number of ether oxygens (including phenoxy) is 1. The Kier molecular flexibility index (Phi) is 5.55. The highest BCUT2D eigenvalue weighted by Gasteiger charge is 2.20. The van der Waals surface area contributed by atoms with Crippen molar-refractivity contribution in [3.63, 3.8) is 0 Å². The lowest BCUT2D eigenvalue weighted by Crippen LogP contribution is -2.28. The van der Waals surface area contributed by atoms with E-state index >= 15 is 0 Å². The molecule has 1 aliphatic rings. The molecular weight excluding hydrogens is 383 g/mol. The van der Waals surface area contributed by atoms with Crippen LogP contribution in [0.1, 0.15) is 12.1 Å². The van der Waals surface area contributed by atoms with Gasteiger partial charge in [-0.15, -0.1) is 0 Å². The van der Waals surface area contributed by atoms with Gasteiger partial charge < -0.3 is 10.1 Å². The van der Waals surface area contributed by atoms with Crippen LogP contribution in [-0.2, 0) is 6.54 Å². The lowest BCUT2D eigenvalue weighted by molar-refractivity contribution is 0.281. The zero-order valence-corrected chi connectivity index (χ0v) is 16.7. The van der Waals surface area contributed by atoms with Gasteiger partial charge in [0.15, 0.2) is 5.65 Å². The zero-order valence-electron chi connectivity index (χ0n) is 15.2. The molecule has 2 aromatic heterocycles. The van der Waals surface area contributed by atoms with Crippen molar-refractivity contribution in [1.29, 1.82) is 0 Å². The van der Waals surface area contributed by atoms with Gasteiger partial charge in [0, 0.05) is 31.4 Å². The first-order chi connectivity index (χ1) is 13.2. The van der Waals surface area contributed by atoms with Crippen molar-refractivity contribution in [1.82, 2.24) is 19.6 Å². The maximum absolute atomic E-state index is 6.45. The summed E-state index contributed by atoms with van der Waals surface area (Å²) in [6.45, 7) is 4.88. The Labute approximate surface area is 168 Å². The molecule has 27 heavy (non-hydrogen) atoms. The molecule has 1 aromatic carbocycles. The smallest absolute Gasteiger partial charge is 0.156 e. The second kappa shape index (κ2) is 8.07. The predicted molar refractivity (Wildman–Crippen MR) is 110 cm³/mol. The van der Waals surface area contributed by atoms with Gasteiger partial charge in [0.05, 0.1) is 28.5 Å². The van der Waals surface area contributed by atoms with E-state index in [1.165, 1.54) is 0 Å². The highest BCUT2D eigenvalue weighted by atomic mass is 35.5. The Hall–Kier alpha value is -1.79. The fourth-order valence-corrected chi connectivity index (χ4v) is 4.06. The molecule has 0 amide bonds. The van der Waals surface area contributed by atoms with Crippen LogP contribution in [0.2, 0.25) is 10.0 Å². The molecule has 1 fully saturated rings. The van der Waals surface area contributed by atoms with Crippen LogP contribution in [-0.4, -0.2) is 47.6 Å². The third-order valence-corrected chi connectivity index (χ3v) is 5.37. The van der Waals surface area contributed by atoms with Gasteiger partial charge in [0.2, 0.25) is 0 Å². The fourth-order valence-electron chi connectivity index (χ4n) is 3.54. The van der Waals surface area contributed by atoms with E-state index in [1.807, 2.05) is 34.9 Å². The van der Waals surface area contributed by atoms with Crippen LogP contribution in [0.15, 0.2) is 36.5 Å². The second-order valence-electron chi connectivity index (χ2n) is 6.72. The van der Waals surface area contributed by atoms with Gasteiger partial charge in [-0.1, -0.05) is 35.3 Å². The van der Waals surface area contributed by atoms with Crippen LogP contribution in [0, 0.1) is 0 Å². The van der Waals surface area contributed by atoms with Gasteiger partial charge in [0.25, 0.3) is 0 Å². The maximum atomic E-state index is 6.45. The number of nitrogens with zero attached hydrogens (tertiary/aromatic N) is 3. The molecule has 3 heterocycles.